The summed E-state index contributed by atoms with van der Waals surface area (Å²) in [5.74, 6) is -0.515. The Kier molecular flexibility index (Phi) is 5.55. The third-order valence-corrected chi connectivity index (χ3v) is 4.60. The Morgan fingerprint density at radius 3 is 2.43 bits per heavy atom. The second-order valence-electron chi connectivity index (χ2n) is 5.84. The Balaban J connectivity index is 2.15. The molecule has 23 heavy (non-hydrogen) atoms. The molecular weight excluding hydrogens is 295 g/mol. The van der Waals surface area contributed by atoms with E-state index in [-0.39, 0.29) is 23.7 Å². The maximum Gasteiger partial charge on any atom is 0.253 e. The van der Waals surface area contributed by atoms with E-state index in [2.05, 4.69) is 10.3 Å². The van der Waals surface area contributed by atoms with E-state index in [1.54, 1.807) is 24.5 Å². The molecule has 2 rings (SSSR count). The zero-order chi connectivity index (χ0) is 16.9. The van der Waals surface area contributed by atoms with Crippen LogP contribution in [0.25, 0.3) is 11.1 Å². The minimum Gasteiger partial charge on any atom is -0.396 e. The summed E-state index contributed by atoms with van der Waals surface area (Å²) in [5.41, 5.74) is 1.72. The number of halogens is 1. The molecule has 0 atom stereocenters. The summed E-state index contributed by atoms with van der Waals surface area (Å²) in [5, 5.41) is 12.5. The van der Waals surface area contributed by atoms with Gasteiger partial charge in [0.25, 0.3) is 5.91 Å². The van der Waals surface area contributed by atoms with Gasteiger partial charge in [0.1, 0.15) is 5.82 Å². The Labute approximate surface area is 135 Å². The molecule has 1 aromatic heterocycles. The van der Waals surface area contributed by atoms with Gasteiger partial charge < -0.3 is 15.4 Å². The van der Waals surface area contributed by atoms with Crippen molar-refractivity contribution in [1.82, 2.24) is 10.3 Å². The first kappa shape index (κ1) is 17.2. The second-order valence-corrected chi connectivity index (χ2v) is 5.84. The molecule has 0 unspecified atom stereocenters. The van der Waals surface area contributed by atoms with E-state index in [0.717, 1.165) is 24.0 Å². The minimum atomic E-state index is -0.311. The lowest BCUT2D eigenvalue weighted by atomic mass is 9.83. The van der Waals surface area contributed by atoms with Gasteiger partial charge in [0, 0.05) is 29.9 Å². The maximum atomic E-state index is 13.0. The Bertz CT molecular complexity index is 637. The van der Waals surface area contributed by atoms with E-state index in [9.17, 15) is 14.3 Å². The molecular formula is C18H23FN2O2. The van der Waals surface area contributed by atoms with Crippen molar-refractivity contribution in [3.8, 4) is 11.1 Å². The molecule has 2 aromatic rings. The summed E-state index contributed by atoms with van der Waals surface area (Å²) >= 11 is 0. The first-order chi connectivity index (χ1) is 11.0. The number of carbonyl (C=O) groups excluding carboxylic acids is 1. The number of hydrogen-bond acceptors (Lipinski definition) is 2. The third kappa shape index (κ3) is 3.79. The average Bonchev–Trinajstić information content (AvgIpc) is 3.07. The van der Waals surface area contributed by atoms with Gasteiger partial charge in [-0.1, -0.05) is 26.0 Å². The molecule has 0 radical (unpaired) electrons. The molecule has 0 spiro atoms. The van der Waals surface area contributed by atoms with Gasteiger partial charge in [-0.25, -0.2) is 4.39 Å². The van der Waals surface area contributed by atoms with Crippen molar-refractivity contribution in [2.45, 2.75) is 26.7 Å². The van der Waals surface area contributed by atoms with Gasteiger partial charge in [-0.05, 0) is 30.5 Å². The standard InChI is InChI=1S/C18H23FN2O2/c1-3-18(4-2,12-22)11-21-17(23)16-10-20-9-15(16)13-5-7-14(19)8-6-13/h5-10,20,22H,3-4,11-12H2,1-2H3,(H,21,23). The van der Waals surface area contributed by atoms with E-state index < -0.39 is 0 Å². The highest BCUT2D eigenvalue weighted by molar-refractivity contribution is 6.00. The van der Waals surface area contributed by atoms with Gasteiger partial charge in [-0.2, -0.15) is 0 Å². The van der Waals surface area contributed by atoms with Crippen LogP contribution in [0.3, 0.4) is 0 Å². The number of H-pyrrole nitrogens is 1. The molecule has 1 amide bonds. The lowest BCUT2D eigenvalue weighted by Gasteiger charge is -2.29. The fraction of sp³-hybridized carbons (Fsp3) is 0.389. The van der Waals surface area contributed by atoms with Crippen LogP contribution in [0.15, 0.2) is 36.7 Å². The van der Waals surface area contributed by atoms with Crippen LogP contribution in [-0.2, 0) is 0 Å². The topological polar surface area (TPSA) is 65.1 Å². The van der Waals surface area contributed by atoms with Crippen LogP contribution in [0.5, 0.6) is 0 Å². The number of aliphatic hydroxyl groups is 1. The van der Waals surface area contributed by atoms with Crippen LogP contribution in [-0.4, -0.2) is 29.1 Å². The monoisotopic (exact) mass is 318 g/mol. The van der Waals surface area contributed by atoms with Crippen molar-refractivity contribution in [1.29, 1.82) is 0 Å². The molecule has 0 saturated carbocycles. The van der Waals surface area contributed by atoms with Crippen molar-refractivity contribution >= 4 is 5.91 Å². The van der Waals surface area contributed by atoms with E-state index in [4.69, 9.17) is 0 Å². The summed E-state index contributed by atoms with van der Waals surface area (Å²) in [6, 6.07) is 6.03. The molecule has 1 heterocycles. The van der Waals surface area contributed by atoms with Gasteiger partial charge in [0.2, 0.25) is 0 Å². The van der Waals surface area contributed by atoms with Crippen molar-refractivity contribution in [3.05, 3.63) is 48.0 Å². The Morgan fingerprint density at radius 2 is 1.87 bits per heavy atom. The highest BCUT2D eigenvalue weighted by Crippen LogP contribution is 2.26. The molecule has 0 fully saturated rings. The van der Waals surface area contributed by atoms with E-state index in [1.165, 1.54) is 12.1 Å². The Morgan fingerprint density at radius 1 is 1.22 bits per heavy atom. The SMILES string of the molecule is CCC(CC)(CO)CNC(=O)c1c[nH]cc1-c1ccc(F)cc1. The normalized spacial score (nSPS) is 11.5. The van der Waals surface area contributed by atoms with Crippen molar-refractivity contribution in [3.63, 3.8) is 0 Å². The van der Waals surface area contributed by atoms with E-state index in [0.29, 0.717) is 12.1 Å². The average molecular weight is 318 g/mol. The van der Waals surface area contributed by atoms with Crippen LogP contribution in [0, 0.1) is 11.2 Å². The molecule has 3 N–H and O–H groups in total. The molecule has 0 saturated heterocycles. The number of nitrogens with one attached hydrogen (secondary N) is 2. The van der Waals surface area contributed by atoms with E-state index in [1.807, 2.05) is 13.8 Å². The van der Waals surface area contributed by atoms with Crippen LogP contribution in [0.4, 0.5) is 4.39 Å². The van der Waals surface area contributed by atoms with Crippen LogP contribution in [0.1, 0.15) is 37.0 Å². The number of hydrogen-bond donors (Lipinski definition) is 3. The van der Waals surface area contributed by atoms with Crippen molar-refractivity contribution in [2.75, 3.05) is 13.2 Å². The zero-order valence-corrected chi connectivity index (χ0v) is 13.5. The predicted octanol–water partition coefficient (Wildman–Crippen LogP) is 3.35. The number of rotatable bonds is 7. The Hall–Kier alpha value is -2.14. The summed E-state index contributed by atoms with van der Waals surface area (Å²) < 4.78 is 13.0. The lowest BCUT2D eigenvalue weighted by molar-refractivity contribution is 0.0851. The molecule has 0 aliphatic rings. The highest BCUT2D eigenvalue weighted by Gasteiger charge is 2.26. The van der Waals surface area contributed by atoms with Gasteiger partial charge in [0.15, 0.2) is 0 Å². The number of carbonyl (C=O) groups is 1. The summed E-state index contributed by atoms with van der Waals surface area (Å²) in [6.45, 7) is 4.47. The summed E-state index contributed by atoms with van der Waals surface area (Å²) in [4.78, 5) is 15.4. The minimum absolute atomic E-state index is 0.0399. The number of benzene rings is 1. The van der Waals surface area contributed by atoms with Crippen molar-refractivity contribution < 1.29 is 14.3 Å². The summed E-state index contributed by atoms with van der Waals surface area (Å²) in [6.07, 6.45) is 4.93. The van der Waals surface area contributed by atoms with E-state index >= 15 is 0 Å². The van der Waals surface area contributed by atoms with Crippen LogP contribution >= 0.6 is 0 Å². The van der Waals surface area contributed by atoms with Gasteiger partial charge >= 0.3 is 0 Å². The molecule has 0 bridgehead atoms. The number of aliphatic hydroxyl groups excluding tert-OH is 1. The molecule has 5 heteroatoms. The van der Waals surface area contributed by atoms with Crippen LogP contribution < -0.4 is 5.32 Å². The first-order valence-corrected chi connectivity index (χ1v) is 7.87. The first-order valence-electron chi connectivity index (χ1n) is 7.87. The smallest absolute Gasteiger partial charge is 0.253 e. The number of aromatic nitrogens is 1. The maximum absolute atomic E-state index is 13.0. The molecule has 0 aliphatic carbocycles. The van der Waals surface area contributed by atoms with Gasteiger partial charge in [-0.15, -0.1) is 0 Å². The second kappa shape index (κ2) is 7.42. The summed E-state index contributed by atoms with van der Waals surface area (Å²) in [7, 11) is 0. The van der Waals surface area contributed by atoms with Gasteiger partial charge in [0.05, 0.1) is 12.2 Å². The third-order valence-electron chi connectivity index (χ3n) is 4.60. The van der Waals surface area contributed by atoms with Crippen LogP contribution in [0.2, 0.25) is 0 Å². The number of amides is 1. The molecule has 4 nitrogen and oxygen atoms in total. The van der Waals surface area contributed by atoms with Crippen molar-refractivity contribution in [2.24, 2.45) is 5.41 Å². The molecule has 124 valence electrons. The lowest BCUT2D eigenvalue weighted by Crippen LogP contribution is -2.39. The fourth-order valence-electron chi connectivity index (χ4n) is 2.56. The van der Waals surface area contributed by atoms with Gasteiger partial charge in [-0.3, -0.25) is 4.79 Å². The largest absolute Gasteiger partial charge is 0.396 e. The highest BCUT2D eigenvalue weighted by atomic mass is 19.1. The fourth-order valence-corrected chi connectivity index (χ4v) is 2.56. The quantitative estimate of drug-likeness (QED) is 0.733. The molecule has 0 aliphatic heterocycles. The molecule has 1 aromatic carbocycles. The predicted molar refractivity (Wildman–Crippen MR) is 88.6 cm³/mol. The number of aromatic amines is 1. The zero-order valence-electron chi connectivity index (χ0n) is 13.5.